The van der Waals surface area contributed by atoms with E-state index in [0.29, 0.717) is 57.1 Å². The highest BCUT2D eigenvalue weighted by molar-refractivity contribution is 6.77. The van der Waals surface area contributed by atoms with Crippen LogP contribution < -0.4 is 4.74 Å². The summed E-state index contributed by atoms with van der Waals surface area (Å²) < 4.78 is 38.9. The highest BCUT2D eigenvalue weighted by Gasteiger charge is 2.57. The number of benzene rings is 1. The topological polar surface area (TPSA) is 164 Å². The van der Waals surface area contributed by atoms with Gasteiger partial charge in [0.15, 0.2) is 11.9 Å². The molecule has 1 aromatic carbocycles. The van der Waals surface area contributed by atoms with Gasteiger partial charge in [0.05, 0.1) is 18.3 Å². The number of allylic oxidation sites excluding steroid dienone is 3. The van der Waals surface area contributed by atoms with E-state index in [0.717, 1.165) is 11.1 Å². The van der Waals surface area contributed by atoms with Crippen molar-refractivity contribution in [3.05, 3.63) is 53.6 Å². The SMILES string of the molecule is CCC1C=C(C)CC(C)CC(OC)C2OC(O)(C(=O)C(=O)N3CCCCC3C(=O)OC(C(C)=CC3CCC(=O)C(Oc4ccccc4)C3)C(C)C(O[Si](C(C)C)(C(C)C)C(C)C)CC1=O)C(C)CC2OC. The number of ketones is 3. The zero-order valence-corrected chi connectivity index (χ0v) is 46.6. The lowest BCUT2D eigenvalue weighted by molar-refractivity contribution is -0.302. The third-order valence-corrected chi connectivity index (χ3v) is 22.6. The van der Waals surface area contributed by atoms with Gasteiger partial charge in [-0.25, -0.2) is 4.79 Å². The second kappa shape index (κ2) is 25.6. The number of rotatable bonds is 12. The van der Waals surface area contributed by atoms with Crippen LogP contribution in [0.3, 0.4) is 0 Å². The number of Topliss-reactive ketones (excluding diaryl/α,β-unsaturated/α-hetero) is 3. The Kier molecular flexibility index (Phi) is 21.0. The Bertz CT molecular complexity index is 2010. The number of cyclic esters (lactones) is 1. The van der Waals surface area contributed by atoms with Gasteiger partial charge in [0.2, 0.25) is 14.1 Å². The molecule has 1 N–H and O–H groups in total. The minimum atomic E-state index is -2.68. The molecule has 14 heteroatoms. The van der Waals surface area contributed by atoms with E-state index >= 15 is 4.79 Å². The van der Waals surface area contributed by atoms with Crippen molar-refractivity contribution in [1.82, 2.24) is 4.90 Å². The van der Waals surface area contributed by atoms with E-state index < -0.39 is 92.2 Å². The number of hydrogen-bond donors (Lipinski definition) is 1. The normalized spacial score (nSPS) is 33.9. The lowest BCUT2D eigenvalue weighted by Crippen LogP contribution is -2.64. The molecule has 0 aromatic heterocycles. The number of nitrogens with zero attached hydrogens (tertiary/aromatic N) is 1. The first-order chi connectivity index (χ1) is 33.5. The second-order valence-electron chi connectivity index (χ2n) is 22.6. The van der Waals surface area contributed by atoms with Crippen molar-refractivity contribution >= 4 is 37.5 Å². The molecule has 13 nitrogen and oxygen atoms in total. The van der Waals surface area contributed by atoms with E-state index in [1.54, 1.807) is 21.1 Å². The first kappa shape index (κ1) is 58.4. The van der Waals surface area contributed by atoms with E-state index in [4.69, 9.17) is 28.1 Å². The number of piperidine rings is 1. The highest BCUT2D eigenvalue weighted by atomic mass is 28.4. The van der Waals surface area contributed by atoms with Crippen molar-refractivity contribution in [3.63, 3.8) is 0 Å². The van der Waals surface area contributed by atoms with Gasteiger partial charge in [0.1, 0.15) is 29.8 Å². The third-order valence-electron chi connectivity index (χ3n) is 16.5. The zero-order valence-electron chi connectivity index (χ0n) is 45.6. The molecule has 13 atom stereocenters. The van der Waals surface area contributed by atoms with Crippen LogP contribution in [0.25, 0.3) is 0 Å². The summed E-state index contributed by atoms with van der Waals surface area (Å²) in [6.45, 7) is 25.1. The molecule has 1 amide bonds. The van der Waals surface area contributed by atoms with E-state index in [-0.39, 0.29) is 65.8 Å². The fourth-order valence-corrected chi connectivity index (χ4v) is 18.2. The predicted molar refractivity (Wildman–Crippen MR) is 277 cm³/mol. The van der Waals surface area contributed by atoms with Gasteiger partial charge >= 0.3 is 5.97 Å². The number of fused-ring (bicyclic) bond motifs is 3. The Hall–Kier alpha value is -3.53. The molecular formula is C57H89NO12Si. The number of para-hydroxylation sites is 1. The molecule has 1 aliphatic carbocycles. The van der Waals surface area contributed by atoms with Crippen LogP contribution in [0.5, 0.6) is 5.75 Å². The summed E-state index contributed by atoms with van der Waals surface area (Å²) in [7, 11) is 0.428. The van der Waals surface area contributed by atoms with E-state index in [1.807, 2.05) is 58.0 Å². The Morgan fingerprint density at radius 1 is 0.859 bits per heavy atom. The molecule has 0 radical (unpaired) electrons. The number of hydrogen-bond acceptors (Lipinski definition) is 12. The molecule has 4 aliphatic rings. The molecule has 2 bridgehead atoms. The summed E-state index contributed by atoms with van der Waals surface area (Å²) in [6.07, 6.45) is 4.61. The van der Waals surface area contributed by atoms with E-state index in [1.165, 1.54) is 4.90 Å². The molecule has 71 heavy (non-hydrogen) atoms. The van der Waals surface area contributed by atoms with Gasteiger partial charge in [-0.15, -0.1) is 0 Å². The van der Waals surface area contributed by atoms with Crippen molar-refractivity contribution < 1.29 is 57.2 Å². The maximum absolute atomic E-state index is 15.1. The Labute approximate surface area is 426 Å². The molecule has 3 heterocycles. The van der Waals surface area contributed by atoms with Gasteiger partial charge in [-0.1, -0.05) is 105 Å². The van der Waals surface area contributed by atoms with Gasteiger partial charge in [0, 0.05) is 51.4 Å². The van der Waals surface area contributed by atoms with E-state index in [9.17, 15) is 24.3 Å². The Morgan fingerprint density at radius 3 is 2.10 bits per heavy atom. The smallest absolute Gasteiger partial charge is 0.329 e. The molecule has 3 aliphatic heterocycles. The van der Waals surface area contributed by atoms with Crippen LogP contribution in [0, 0.1) is 29.6 Å². The van der Waals surface area contributed by atoms with Crippen LogP contribution in [-0.2, 0) is 47.3 Å². The van der Waals surface area contributed by atoms with Gasteiger partial charge in [-0.05, 0) is 118 Å². The van der Waals surface area contributed by atoms with Gasteiger partial charge < -0.3 is 38.1 Å². The molecule has 2 saturated heterocycles. The molecule has 5 rings (SSSR count). The average molecular weight is 1010 g/mol. The van der Waals surface area contributed by atoms with Crippen LogP contribution in [0.2, 0.25) is 16.6 Å². The van der Waals surface area contributed by atoms with Crippen molar-refractivity contribution in [1.29, 1.82) is 0 Å². The summed E-state index contributed by atoms with van der Waals surface area (Å²) in [5.41, 5.74) is 2.35. The van der Waals surface area contributed by atoms with E-state index in [2.05, 4.69) is 60.6 Å². The fourth-order valence-electron chi connectivity index (χ4n) is 12.6. The molecule has 0 spiro atoms. The number of esters is 1. The maximum Gasteiger partial charge on any atom is 0.329 e. The van der Waals surface area contributed by atoms with Crippen molar-refractivity contribution in [3.8, 4) is 5.75 Å². The van der Waals surface area contributed by atoms with Gasteiger partial charge in [-0.2, -0.15) is 0 Å². The van der Waals surface area contributed by atoms with Crippen molar-refractivity contribution in [2.75, 3.05) is 20.8 Å². The summed E-state index contributed by atoms with van der Waals surface area (Å²) in [6, 6.07) is 8.17. The van der Waals surface area contributed by atoms with Crippen LogP contribution >= 0.6 is 0 Å². The summed E-state index contributed by atoms with van der Waals surface area (Å²) >= 11 is 0. The van der Waals surface area contributed by atoms with Crippen LogP contribution in [0.1, 0.15) is 154 Å². The van der Waals surface area contributed by atoms with Crippen molar-refractivity contribution in [2.45, 2.75) is 219 Å². The third kappa shape index (κ3) is 13.6. The van der Waals surface area contributed by atoms with Gasteiger partial charge in [-0.3, -0.25) is 19.2 Å². The number of carbonyl (C=O) groups excluding carboxylic acids is 5. The lowest BCUT2D eigenvalue weighted by atomic mass is 9.82. The summed E-state index contributed by atoms with van der Waals surface area (Å²) in [5.74, 6) is -6.53. The Morgan fingerprint density at radius 2 is 1.49 bits per heavy atom. The van der Waals surface area contributed by atoms with Crippen LogP contribution in [0.15, 0.2) is 53.6 Å². The van der Waals surface area contributed by atoms with Crippen molar-refractivity contribution in [2.24, 2.45) is 29.6 Å². The van der Waals surface area contributed by atoms with Crippen LogP contribution in [-0.4, -0.2) is 117 Å². The predicted octanol–water partition coefficient (Wildman–Crippen LogP) is 10.3. The monoisotopic (exact) mass is 1010 g/mol. The molecule has 1 saturated carbocycles. The average Bonchev–Trinajstić information content (AvgIpc) is 3.33. The lowest BCUT2D eigenvalue weighted by Gasteiger charge is -2.47. The largest absolute Gasteiger partial charge is 0.483 e. The highest BCUT2D eigenvalue weighted by Crippen LogP contribution is 2.46. The minimum absolute atomic E-state index is 0.0319. The number of ether oxygens (including phenoxy) is 5. The molecule has 3 fully saturated rings. The molecule has 398 valence electrons. The summed E-state index contributed by atoms with van der Waals surface area (Å²) in [5, 5.41) is 12.3. The van der Waals surface area contributed by atoms with Gasteiger partial charge in [0.25, 0.3) is 11.7 Å². The number of methoxy groups -OCH3 is 2. The van der Waals surface area contributed by atoms with Crippen LogP contribution in [0.4, 0.5) is 0 Å². The standard InChI is InChI=1S/C57H89NO12Si/c1-15-43-28-37(8)27-38(9)29-50(65-13)53-51(66-14)31-40(11)57(64,69-53)54(61)55(62)58-26-20-19-23-45(58)56(63)68-52(41(12)48(33-47(43)60)70-71(34(2)3,35(4)5)36(6)7)39(10)30-42-24-25-46(59)49(32-42)67-44-21-17-16-18-22-44/h16-18,21-22,28,30,34-36,38,40-43,45,48-53,64H,15,19-20,23-27,29,31-33H2,1-14H3. The number of carbonyl (C=O) groups is 5. The molecular weight excluding hydrogens is 919 g/mol. The zero-order chi connectivity index (χ0) is 52.5. The molecule has 13 unspecified atom stereocenters. The number of aliphatic hydroxyl groups is 1. The first-order valence-electron chi connectivity index (χ1n) is 26.8. The minimum Gasteiger partial charge on any atom is -0.483 e. The summed E-state index contributed by atoms with van der Waals surface area (Å²) in [4.78, 5) is 73.9. The second-order valence-corrected chi connectivity index (χ2v) is 28.0. The number of amides is 1. The molecule has 1 aromatic rings. The first-order valence-corrected chi connectivity index (χ1v) is 29.0. The maximum atomic E-state index is 15.1. The fraction of sp³-hybridized carbons (Fsp3) is 0.737. The quantitative estimate of drug-likeness (QED) is 0.0914. The Balaban J connectivity index is 1.66.